The Morgan fingerprint density at radius 2 is 1.74 bits per heavy atom. The third-order valence-corrected chi connectivity index (χ3v) is 4.44. The lowest BCUT2D eigenvalue weighted by Crippen LogP contribution is -2.49. The number of aromatic nitrogens is 2. The molecular formula is C18H22N4O. The van der Waals surface area contributed by atoms with E-state index < -0.39 is 0 Å². The predicted octanol–water partition coefficient (Wildman–Crippen LogP) is 1.98. The molecule has 1 aliphatic rings. The van der Waals surface area contributed by atoms with E-state index in [0.717, 1.165) is 48.8 Å². The molecule has 0 aliphatic carbocycles. The summed E-state index contributed by atoms with van der Waals surface area (Å²) in [7, 11) is 0. The van der Waals surface area contributed by atoms with Gasteiger partial charge in [-0.05, 0) is 19.4 Å². The van der Waals surface area contributed by atoms with Crippen LogP contribution in [0.25, 0.3) is 0 Å². The van der Waals surface area contributed by atoms with Gasteiger partial charge in [0, 0.05) is 37.4 Å². The van der Waals surface area contributed by atoms with Crippen molar-refractivity contribution in [2.45, 2.75) is 20.3 Å². The molecule has 0 radical (unpaired) electrons. The minimum atomic E-state index is 0.200. The fraction of sp³-hybridized carbons (Fsp3) is 0.389. The first-order valence-corrected chi connectivity index (χ1v) is 8.00. The molecule has 0 spiro atoms. The van der Waals surface area contributed by atoms with E-state index in [1.54, 1.807) is 6.33 Å². The minimum absolute atomic E-state index is 0.200. The van der Waals surface area contributed by atoms with Gasteiger partial charge in [0.25, 0.3) is 0 Å². The summed E-state index contributed by atoms with van der Waals surface area (Å²) in [5.41, 5.74) is 3.20. The van der Waals surface area contributed by atoms with Crippen LogP contribution >= 0.6 is 0 Å². The number of anilines is 1. The van der Waals surface area contributed by atoms with Gasteiger partial charge in [-0.15, -0.1) is 0 Å². The van der Waals surface area contributed by atoms with Crippen molar-refractivity contribution in [3.63, 3.8) is 0 Å². The van der Waals surface area contributed by atoms with Crippen molar-refractivity contribution >= 4 is 11.7 Å². The molecule has 1 fully saturated rings. The van der Waals surface area contributed by atoms with Crippen LogP contribution in [0.15, 0.2) is 36.7 Å². The highest BCUT2D eigenvalue weighted by atomic mass is 16.2. The predicted molar refractivity (Wildman–Crippen MR) is 90.4 cm³/mol. The molecule has 1 aliphatic heterocycles. The Bertz CT molecular complexity index is 679. The summed E-state index contributed by atoms with van der Waals surface area (Å²) >= 11 is 0. The second-order valence-corrected chi connectivity index (χ2v) is 5.94. The molecule has 5 heteroatoms. The zero-order valence-corrected chi connectivity index (χ0v) is 13.7. The van der Waals surface area contributed by atoms with Gasteiger partial charge in [-0.2, -0.15) is 0 Å². The van der Waals surface area contributed by atoms with E-state index in [1.807, 2.05) is 42.2 Å². The van der Waals surface area contributed by atoms with Crippen LogP contribution in [0.4, 0.5) is 5.82 Å². The summed E-state index contributed by atoms with van der Waals surface area (Å²) in [5.74, 6) is 1.19. The molecule has 23 heavy (non-hydrogen) atoms. The van der Waals surface area contributed by atoms with Crippen molar-refractivity contribution in [1.82, 2.24) is 14.9 Å². The Balaban J connectivity index is 1.60. The molecule has 2 heterocycles. The Hall–Kier alpha value is -2.43. The van der Waals surface area contributed by atoms with E-state index in [0.29, 0.717) is 6.42 Å². The molecule has 0 saturated carbocycles. The third kappa shape index (κ3) is 3.50. The minimum Gasteiger partial charge on any atom is -0.353 e. The first-order chi connectivity index (χ1) is 11.1. The highest BCUT2D eigenvalue weighted by Crippen LogP contribution is 2.20. The molecule has 1 amide bonds. The van der Waals surface area contributed by atoms with Gasteiger partial charge in [-0.1, -0.05) is 30.3 Å². The normalized spacial score (nSPS) is 14.9. The number of piperazine rings is 1. The summed E-state index contributed by atoms with van der Waals surface area (Å²) in [6.45, 7) is 7.18. The number of aryl methyl sites for hydroxylation is 1. The van der Waals surface area contributed by atoms with Crippen LogP contribution in [0.1, 0.15) is 16.8 Å². The maximum absolute atomic E-state index is 12.4. The molecule has 0 bridgehead atoms. The highest BCUT2D eigenvalue weighted by Gasteiger charge is 2.23. The van der Waals surface area contributed by atoms with Gasteiger partial charge in [0.1, 0.15) is 12.1 Å². The lowest BCUT2D eigenvalue weighted by atomic mass is 10.1. The van der Waals surface area contributed by atoms with Crippen molar-refractivity contribution in [2.75, 3.05) is 31.1 Å². The van der Waals surface area contributed by atoms with Crippen LogP contribution in [0.2, 0.25) is 0 Å². The van der Waals surface area contributed by atoms with Crippen LogP contribution in [0, 0.1) is 13.8 Å². The molecule has 1 aromatic carbocycles. The molecule has 1 saturated heterocycles. The topological polar surface area (TPSA) is 49.3 Å². The van der Waals surface area contributed by atoms with Crippen molar-refractivity contribution in [1.29, 1.82) is 0 Å². The third-order valence-electron chi connectivity index (χ3n) is 4.44. The van der Waals surface area contributed by atoms with Crippen molar-refractivity contribution in [3.05, 3.63) is 53.5 Å². The smallest absolute Gasteiger partial charge is 0.227 e. The number of rotatable bonds is 3. The van der Waals surface area contributed by atoms with Gasteiger partial charge in [0.2, 0.25) is 5.91 Å². The number of amides is 1. The SMILES string of the molecule is Cc1ncnc(N2CCN(C(=O)Cc3ccccc3)CC2)c1C. The molecule has 3 rings (SSSR count). The average Bonchev–Trinajstić information content (AvgIpc) is 2.58. The summed E-state index contributed by atoms with van der Waals surface area (Å²) < 4.78 is 0. The zero-order valence-electron chi connectivity index (χ0n) is 13.7. The van der Waals surface area contributed by atoms with Gasteiger partial charge >= 0.3 is 0 Å². The van der Waals surface area contributed by atoms with Crippen LogP contribution in [-0.4, -0.2) is 47.0 Å². The molecule has 0 atom stereocenters. The number of nitrogens with zero attached hydrogens (tertiary/aromatic N) is 4. The van der Waals surface area contributed by atoms with Crippen LogP contribution in [0.5, 0.6) is 0 Å². The van der Waals surface area contributed by atoms with Crippen molar-refractivity contribution < 1.29 is 4.79 Å². The molecular weight excluding hydrogens is 288 g/mol. The summed E-state index contributed by atoms with van der Waals surface area (Å²) in [5, 5.41) is 0. The quantitative estimate of drug-likeness (QED) is 0.870. The number of hydrogen-bond acceptors (Lipinski definition) is 4. The molecule has 2 aromatic rings. The number of benzene rings is 1. The van der Waals surface area contributed by atoms with Crippen LogP contribution in [0.3, 0.4) is 0 Å². The van der Waals surface area contributed by atoms with Crippen LogP contribution < -0.4 is 4.90 Å². The Labute approximate surface area is 137 Å². The fourth-order valence-electron chi connectivity index (χ4n) is 2.89. The summed E-state index contributed by atoms with van der Waals surface area (Å²) in [4.78, 5) is 25.2. The first-order valence-electron chi connectivity index (χ1n) is 8.00. The number of carbonyl (C=O) groups excluding carboxylic acids is 1. The standard InChI is InChI=1S/C18H22N4O/c1-14-15(2)19-13-20-18(14)22-10-8-21(9-11-22)17(23)12-16-6-4-3-5-7-16/h3-7,13H,8-12H2,1-2H3. The average molecular weight is 310 g/mol. The maximum Gasteiger partial charge on any atom is 0.227 e. The van der Waals surface area contributed by atoms with E-state index in [2.05, 4.69) is 21.8 Å². The van der Waals surface area contributed by atoms with Gasteiger partial charge in [-0.3, -0.25) is 4.79 Å². The maximum atomic E-state index is 12.4. The summed E-state index contributed by atoms with van der Waals surface area (Å²) in [6, 6.07) is 9.92. The first kappa shape index (κ1) is 15.5. The van der Waals surface area contributed by atoms with Gasteiger partial charge in [0.05, 0.1) is 6.42 Å². The number of carbonyl (C=O) groups is 1. The molecule has 0 unspecified atom stereocenters. The lowest BCUT2D eigenvalue weighted by molar-refractivity contribution is -0.130. The Morgan fingerprint density at radius 3 is 2.43 bits per heavy atom. The van der Waals surface area contributed by atoms with Crippen LogP contribution in [-0.2, 0) is 11.2 Å². The van der Waals surface area contributed by atoms with Gasteiger partial charge in [-0.25, -0.2) is 9.97 Å². The lowest BCUT2D eigenvalue weighted by Gasteiger charge is -2.36. The van der Waals surface area contributed by atoms with Gasteiger partial charge in [0.15, 0.2) is 0 Å². The second-order valence-electron chi connectivity index (χ2n) is 5.94. The molecule has 5 nitrogen and oxygen atoms in total. The monoisotopic (exact) mass is 310 g/mol. The largest absolute Gasteiger partial charge is 0.353 e. The fourth-order valence-corrected chi connectivity index (χ4v) is 2.89. The summed E-state index contributed by atoms with van der Waals surface area (Å²) in [6.07, 6.45) is 2.09. The van der Waals surface area contributed by atoms with Crippen molar-refractivity contribution in [2.24, 2.45) is 0 Å². The van der Waals surface area contributed by atoms with E-state index >= 15 is 0 Å². The van der Waals surface area contributed by atoms with E-state index in [9.17, 15) is 4.79 Å². The van der Waals surface area contributed by atoms with Crippen molar-refractivity contribution in [3.8, 4) is 0 Å². The Kier molecular flexibility index (Phi) is 4.55. The number of hydrogen-bond donors (Lipinski definition) is 0. The molecule has 0 N–H and O–H groups in total. The van der Waals surface area contributed by atoms with Gasteiger partial charge < -0.3 is 9.80 Å². The highest BCUT2D eigenvalue weighted by molar-refractivity contribution is 5.79. The molecule has 1 aromatic heterocycles. The Morgan fingerprint density at radius 1 is 1.04 bits per heavy atom. The molecule has 120 valence electrons. The van der Waals surface area contributed by atoms with E-state index in [4.69, 9.17) is 0 Å². The zero-order chi connectivity index (χ0) is 16.2. The van der Waals surface area contributed by atoms with E-state index in [1.165, 1.54) is 0 Å². The van der Waals surface area contributed by atoms with E-state index in [-0.39, 0.29) is 5.91 Å². The second kappa shape index (κ2) is 6.77.